The molecule has 8 rings (SSSR count). The van der Waals surface area contributed by atoms with Crippen LogP contribution in [0.1, 0.15) is 0 Å². The number of hydrogen-bond acceptors (Lipinski definition) is 3. The van der Waals surface area contributed by atoms with E-state index in [0.717, 1.165) is 28.1 Å². The van der Waals surface area contributed by atoms with Crippen LogP contribution in [0.5, 0.6) is 0 Å². The van der Waals surface area contributed by atoms with Crippen LogP contribution >= 0.6 is 14.3 Å². The van der Waals surface area contributed by atoms with Crippen molar-refractivity contribution >= 4 is 46.1 Å². The molecule has 1 aromatic heterocycles. The van der Waals surface area contributed by atoms with Crippen molar-refractivity contribution < 1.29 is 9.13 Å². The zero-order valence-electron chi connectivity index (χ0n) is 28.4. The topological polar surface area (TPSA) is 47.0 Å². The van der Waals surface area contributed by atoms with E-state index in [4.69, 9.17) is 4.98 Å². The Morgan fingerprint density at radius 2 is 0.596 bits per heavy atom. The molecule has 5 heteroatoms. The van der Waals surface area contributed by atoms with Crippen LogP contribution < -0.4 is 31.8 Å². The van der Waals surface area contributed by atoms with Gasteiger partial charge in [-0.25, -0.2) is 4.98 Å². The van der Waals surface area contributed by atoms with Crippen LogP contribution in [0.15, 0.2) is 212 Å². The second-order valence-corrected chi connectivity index (χ2v) is 18.1. The molecular weight excluding hydrogens is 672 g/mol. The zero-order chi connectivity index (χ0) is 35.4. The van der Waals surface area contributed by atoms with Crippen molar-refractivity contribution in [2.45, 2.75) is 0 Å². The zero-order valence-corrected chi connectivity index (χ0v) is 30.2. The van der Waals surface area contributed by atoms with Gasteiger partial charge in [-0.3, -0.25) is 0 Å². The number of pyridine rings is 1. The summed E-state index contributed by atoms with van der Waals surface area (Å²) in [4.78, 5) is 5.18. The molecule has 3 nitrogen and oxygen atoms in total. The summed E-state index contributed by atoms with van der Waals surface area (Å²) in [5, 5.41) is 4.06. The third-order valence-corrected chi connectivity index (χ3v) is 15.6. The fraction of sp³-hybridized carbons (Fsp3) is 0. The molecule has 0 spiro atoms. The summed E-state index contributed by atoms with van der Waals surface area (Å²) in [7, 11) is -7.15. The third kappa shape index (κ3) is 6.09. The lowest BCUT2D eigenvalue weighted by Crippen LogP contribution is -2.33. The predicted molar refractivity (Wildman–Crippen MR) is 219 cm³/mol. The molecule has 0 aliphatic heterocycles. The largest absolute Gasteiger partial charge is 0.309 e. The monoisotopic (exact) mass is 707 g/mol. The highest BCUT2D eigenvalue weighted by atomic mass is 31.2. The Kier molecular flexibility index (Phi) is 9.23. The van der Waals surface area contributed by atoms with Crippen molar-refractivity contribution in [3.05, 3.63) is 212 Å². The first kappa shape index (κ1) is 33.3. The van der Waals surface area contributed by atoms with Crippen molar-refractivity contribution in [2.75, 3.05) is 0 Å². The van der Waals surface area contributed by atoms with Gasteiger partial charge in [-0.05, 0) is 17.7 Å². The van der Waals surface area contributed by atoms with E-state index in [0.29, 0.717) is 37.4 Å². The average molecular weight is 708 g/mol. The smallest absolute Gasteiger partial charge is 0.171 e. The second kappa shape index (κ2) is 14.4. The molecule has 0 atom stereocenters. The van der Waals surface area contributed by atoms with Gasteiger partial charge in [0.05, 0.1) is 11.4 Å². The number of nitrogens with zero attached hydrogens (tertiary/aromatic N) is 1. The molecular formula is C47H35NO2P2. The molecule has 0 aliphatic carbocycles. The summed E-state index contributed by atoms with van der Waals surface area (Å²) < 4.78 is 32.7. The van der Waals surface area contributed by atoms with Gasteiger partial charge >= 0.3 is 0 Å². The molecule has 0 bridgehead atoms. The van der Waals surface area contributed by atoms with E-state index in [9.17, 15) is 0 Å². The van der Waals surface area contributed by atoms with Gasteiger partial charge in [0, 0.05) is 48.5 Å². The van der Waals surface area contributed by atoms with E-state index in [2.05, 4.69) is 12.1 Å². The van der Waals surface area contributed by atoms with Gasteiger partial charge < -0.3 is 9.13 Å². The Morgan fingerprint density at radius 1 is 0.308 bits per heavy atom. The third-order valence-electron chi connectivity index (χ3n) is 9.43. The van der Waals surface area contributed by atoms with Crippen molar-refractivity contribution in [2.24, 2.45) is 0 Å². The Labute approximate surface area is 305 Å². The molecule has 0 unspecified atom stereocenters. The first-order valence-electron chi connectivity index (χ1n) is 17.3. The van der Waals surface area contributed by atoms with E-state index in [-0.39, 0.29) is 0 Å². The van der Waals surface area contributed by atoms with Gasteiger partial charge in [-0.15, -0.1) is 0 Å². The van der Waals surface area contributed by atoms with Crippen molar-refractivity contribution in [1.29, 1.82) is 0 Å². The summed E-state index contributed by atoms with van der Waals surface area (Å²) in [5.41, 5.74) is 4.90. The van der Waals surface area contributed by atoms with Crippen molar-refractivity contribution in [1.82, 2.24) is 4.98 Å². The summed E-state index contributed by atoms with van der Waals surface area (Å²) in [6.45, 7) is 0. The van der Waals surface area contributed by atoms with E-state index in [1.807, 2.05) is 200 Å². The van der Waals surface area contributed by atoms with Gasteiger partial charge in [-0.2, -0.15) is 0 Å². The molecule has 0 saturated carbocycles. The van der Waals surface area contributed by atoms with Gasteiger partial charge in [0.2, 0.25) is 0 Å². The molecule has 1 heterocycles. The number of benzene rings is 7. The molecule has 0 N–H and O–H groups in total. The number of hydrogen-bond donors (Lipinski definition) is 0. The Bertz CT molecular complexity index is 2280. The summed E-state index contributed by atoms with van der Waals surface area (Å²) >= 11 is 0. The van der Waals surface area contributed by atoms with Crippen LogP contribution in [-0.2, 0) is 9.13 Å². The second-order valence-electron chi connectivity index (χ2n) is 12.6. The minimum atomic E-state index is -3.57. The lowest BCUT2D eigenvalue weighted by atomic mass is 10.00. The summed E-state index contributed by atoms with van der Waals surface area (Å²) in [6, 6.07) is 68.9. The predicted octanol–water partition coefficient (Wildman–Crippen LogP) is 9.36. The fourth-order valence-corrected chi connectivity index (χ4v) is 12.8. The highest BCUT2D eigenvalue weighted by molar-refractivity contribution is 7.87. The molecule has 0 radical (unpaired) electrons. The van der Waals surface area contributed by atoms with Gasteiger partial charge in [0.25, 0.3) is 0 Å². The fourth-order valence-electron chi connectivity index (χ4n) is 6.94. The summed E-state index contributed by atoms with van der Waals surface area (Å²) in [6.07, 6.45) is 0. The van der Waals surface area contributed by atoms with Gasteiger partial charge in [-0.1, -0.05) is 200 Å². The van der Waals surface area contributed by atoms with E-state index < -0.39 is 14.3 Å². The van der Waals surface area contributed by atoms with E-state index in [1.54, 1.807) is 0 Å². The maximum absolute atomic E-state index is 16.4. The normalized spacial score (nSPS) is 11.6. The standard InChI is InChI=1S/C47H35NO2P2/c49-51(39-24-11-3-12-25-39,40-26-13-4-14-27-40)45-32-19-33-46(52(50,41-28-15-5-16-29-41)42-30-17-6-18-31-42)47(45)38-34-43(36-20-7-1-8-21-36)48-44(35-38)37-22-9-2-10-23-37/h1-35H. The van der Waals surface area contributed by atoms with E-state index >= 15 is 9.13 Å². The first-order valence-corrected chi connectivity index (χ1v) is 20.7. The van der Waals surface area contributed by atoms with Crippen LogP contribution in [0.4, 0.5) is 0 Å². The molecule has 0 saturated heterocycles. The first-order chi connectivity index (χ1) is 25.6. The SMILES string of the molecule is O=P(c1ccccc1)(c1ccccc1)c1cccc(P(=O)(c2ccccc2)c2ccccc2)c1-c1cc(-c2ccccc2)nc(-c2ccccc2)c1. The molecule has 250 valence electrons. The molecule has 0 fully saturated rings. The van der Waals surface area contributed by atoms with Crippen LogP contribution in [0.25, 0.3) is 33.6 Å². The molecule has 0 aliphatic rings. The lowest BCUT2D eigenvalue weighted by molar-refractivity contribution is 0.592. The molecule has 7 aromatic carbocycles. The van der Waals surface area contributed by atoms with Crippen LogP contribution in [0, 0.1) is 0 Å². The minimum absolute atomic E-state index is 0.624. The Morgan fingerprint density at radius 3 is 0.904 bits per heavy atom. The number of aromatic nitrogens is 1. The number of rotatable bonds is 9. The van der Waals surface area contributed by atoms with Crippen LogP contribution in [0.3, 0.4) is 0 Å². The van der Waals surface area contributed by atoms with E-state index in [1.165, 1.54) is 0 Å². The molecule has 52 heavy (non-hydrogen) atoms. The highest BCUT2D eigenvalue weighted by Crippen LogP contribution is 2.50. The maximum Gasteiger partial charge on any atom is 0.171 e. The van der Waals surface area contributed by atoms with Gasteiger partial charge in [0.15, 0.2) is 14.3 Å². The van der Waals surface area contributed by atoms with Crippen molar-refractivity contribution in [3.63, 3.8) is 0 Å². The Balaban J connectivity index is 1.55. The van der Waals surface area contributed by atoms with Crippen LogP contribution in [0.2, 0.25) is 0 Å². The maximum atomic E-state index is 16.4. The van der Waals surface area contributed by atoms with Crippen LogP contribution in [-0.4, -0.2) is 4.98 Å². The lowest BCUT2D eigenvalue weighted by Gasteiger charge is -2.28. The molecule has 0 amide bonds. The van der Waals surface area contributed by atoms with Gasteiger partial charge in [0.1, 0.15) is 0 Å². The minimum Gasteiger partial charge on any atom is -0.309 e. The highest BCUT2D eigenvalue weighted by Gasteiger charge is 2.38. The summed E-state index contributed by atoms with van der Waals surface area (Å²) in [5.74, 6) is 0. The quantitative estimate of drug-likeness (QED) is 0.141. The molecule has 8 aromatic rings. The average Bonchev–Trinajstić information content (AvgIpc) is 3.24. The Hall–Kier alpha value is -5.85. The van der Waals surface area contributed by atoms with Crippen molar-refractivity contribution in [3.8, 4) is 33.6 Å².